The summed E-state index contributed by atoms with van der Waals surface area (Å²) in [5, 5.41) is 25.2. The Morgan fingerprint density at radius 1 is 1.35 bits per heavy atom. The van der Waals surface area contributed by atoms with Crippen LogP contribution in [0.5, 0.6) is 5.75 Å². The topological polar surface area (TPSA) is 90.4 Å². The van der Waals surface area contributed by atoms with E-state index in [0.29, 0.717) is 11.4 Å². The predicted octanol–water partition coefficient (Wildman–Crippen LogP) is 2.46. The number of nitrogens with zero attached hydrogens (tertiary/aromatic N) is 3. The largest absolute Gasteiger partial charge is 0.491 e. The molecule has 7 heteroatoms. The van der Waals surface area contributed by atoms with E-state index in [1.807, 2.05) is 32.0 Å². The molecule has 0 amide bonds. The fourth-order valence-corrected chi connectivity index (χ4v) is 2.43. The van der Waals surface area contributed by atoms with Crippen molar-refractivity contribution in [1.82, 2.24) is 9.78 Å². The highest BCUT2D eigenvalue weighted by molar-refractivity contribution is 5.39. The molecule has 0 saturated carbocycles. The van der Waals surface area contributed by atoms with Gasteiger partial charge in [-0.05, 0) is 44.9 Å². The fourth-order valence-electron chi connectivity index (χ4n) is 2.43. The van der Waals surface area contributed by atoms with Gasteiger partial charge in [0.05, 0.1) is 11.5 Å². The third-order valence-electron chi connectivity index (χ3n) is 3.68. The van der Waals surface area contributed by atoms with Crippen molar-refractivity contribution in [2.45, 2.75) is 40.3 Å². The molecule has 0 aliphatic heterocycles. The Hall–Kier alpha value is -2.41. The van der Waals surface area contributed by atoms with Crippen LogP contribution in [0.1, 0.15) is 22.5 Å². The Morgan fingerprint density at radius 2 is 2.04 bits per heavy atom. The van der Waals surface area contributed by atoms with Crippen LogP contribution in [-0.4, -0.2) is 32.5 Å². The summed E-state index contributed by atoms with van der Waals surface area (Å²) in [7, 11) is 0. The van der Waals surface area contributed by atoms with Gasteiger partial charge in [0, 0.05) is 0 Å². The van der Waals surface area contributed by atoms with Crippen molar-refractivity contribution in [3.63, 3.8) is 0 Å². The van der Waals surface area contributed by atoms with E-state index in [4.69, 9.17) is 4.74 Å². The number of aliphatic hydroxyl groups is 1. The fraction of sp³-hybridized carbons (Fsp3) is 0.438. The van der Waals surface area contributed by atoms with Gasteiger partial charge < -0.3 is 9.84 Å². The zero-order valence-corrected chi connectivity index (χ0v) is 13.7. The first-order valence-corrected chi connectivity index (χ1v) is 7.36. The summed E-state index contributed by atoms with van der Waals surface area (Å²) in [6, 6.07) is 5.87. The van der Waals surface area contributed by atoms with Gasteiger partial charge in [-0.25, -0.2) is 0 Å². The lowest BCUT2D eigenvalue weighted by atomic mass is 10.1. The molecule has 0 radical (unpaired) electrons. The number of aliphatic hydroxyl groups excluding tert-OH is 1. The maximum absolute atomic E-state index is 11.0. The van der Waals surface area contributed by atoms with E-state index < -0.39 is 11.0 Å². The molecular formula is C16H21N3O4. The molecule has 0 bridgehead atoms. The van der Waals surface area contributed by atoms with Crippen molar-refractivity contribution < 1.29 is 14.8 Å². The summed E-state index contributed by atoms with van der Waals surface area (Å²) in [5.41, 5.74) is 2.83. The Kier molecular flexibility index (Phi) is 5.00. The summed E-state index contributed by atoms with van der Waals surface area (Å²) in [4.78, 5) is 10.5. The number of benzene rings is 1. The van der Waals surface area contributed by atoms with E-state index >= 15 is 0 Å². The SMILES string of the molecule is Cc1ccc(C)c(OCC(O)Cn2nc(C)c([N+](=O)[O-])c2C)c1. The Labute approximate surface area is 134 Å². The molecule has 1 aromatic carbocycles. The molecule has 2 aromatic rings. The highest BCUT2D eigenvalue weighted by Gasteiger charge is 2.23. The van der Waals surface area contributed by atoms with E-state index in [0.717, 1.165) is 16.9 Å². The van der Waals surface area contributed by atoms with E-state index in [1.165, 1.54) is 4.68 Å². The molecule has 124 valence electrons. The van der Waals surface area contributed by atoms with Crippen LogP contribution < -0.4 is 4.74 Å². The first-order valence-electron chi connectivity index (χ1n) is 7.36. The highest BCUT2D eigenvalue weighted by atomic mass is 16.6. The van der Waals surface area contributed by atoms with Crippen molar-refractivity contribution in [3.8, 4) is 5.75 Å². The average Bonchev–Trinajstić information content (AvgIpc) is 2.74. The molecule has 0 aliphatic carbocycles. The van der Waals surface area contributed by atoms with E-state index in [2.05, 4.69) is 5.10 Å². The highest BCUT2D eigenvalue weighted by Crippen LogP contribution is 2.22. The van der Waals surface area contributed by atoms with Crippen molar-refractivity contribution in [3.05, 3.63) is 50.8 Å². The smallest absolute Gasteiger partial charge is 0.312 e. The lowest BCUT2D eigenvalue weighted by Crippen LogP contribution is -2.25. The molecular weight excluding hydrogens is 298 g/mol. The van der Waals surface area contributed by atoms with Crippen molar-refractivity contribution >= 4 is 5.69 Å². The van der Waals surface area contributed by atoms with Crippen molar-refractivity contribution in [1.29, 1.82) is 0 Å². The van der Waals surface area contributed by atoms with Gasteiger partial charge in [0.15, 0.2) is 0 Å². The van der Waals surface area contributed by atoms with Gasteiger partial charge in [0.2, 0.25) is 0 Å². The number of aromatic nitrogens is 2. The van der Waals surface area contributed by atoms with Gasteiger partial charge in [-0.15, -0.1) is 0 Å². The summed E-state index contributed by atoms with van der Waals surface area (Å²) in [5.74, 6) is 0.725. The Morgan fingerprint density at radius 3 is 2.65 bits per heavy atom. The molecule has 23 heavy (non-hydrogen) atoms. The van der Waals surface area contributed by atoms with Gasteiger partial charge in [0.1, 0.15) is 29.8 Å². The van der Waals surface area contributed by atoms with Crippen LogP contribution in [0, 0.1) is 37.8 Å². The van der Waals surface area contributed by atoms with Crippen LogP contribution in [0.2, 0.25) is 0 Å². The zero-order chi connectivity index (χ0) is 17.1. The molecule has 0 saturated heterocycles. The van der Waals surface area contributed by atoms with Crippen LogP contribution in [0.25, 0.3) is 0 Å². The third-order valence-corrected chi connectivity index (χ3v) is 3.68. The quantitative estimate of drug-likeness (QED) is 0.652. The van der Waals surface area contributed by atoms with Gasteiger partial charge in [-0.2, -0.15) is 5.10 Å². The second kappa shape index (κ2) is 6.78. The number of hydrogen-bond acceptors (Lipinski definition) is 5. The molecule has 0 spiro atoms. The number of ether oxygens (including phenoxy) is 1. The molecule has 0 fully saturated rings. The monoisotopic (exact) mass is 319 g/mol. The molecule has 0 aliphatic rings. The van der Waals surface area contributed by atoms with Crippen molar-refractivity contribution in [2.24, 2.45) is 0 Å². The van der Waals surface area contributed by atoms with E-state index in [1.54, 1.807) is 13.8 Å². The summed E-state index contributed by atoms with van der Waals surface area (Å²) in [6.45, 7) is 7.35. The minimum absolute atomic E-state index is 0.00681. The van der Waals surface area contributed by atoms with Gasteiger partial charge in [-0.3, -0.25) is 14.8 Å². The predicted molar refractivity (Wildman–Crippen MR) is 85.8 cm³/mol. The molecule has 1 N–H and O–H groups in total. The molecule has 7 nitrogen and oxygen atoms in total. The van der Waals surface area contributed by atoms with Crippen LogP contribution in [0.3, 0.4) is 0 Å². The second-order valence-electron chi connectivity index (χ2n) is 5.69. The summed E-state index contributed by atoms with van der Waals surface area (Å²) >= 11 is 0. The molecule has 1 atom stereocenters. The average molecular weight is 319 g/mol. The van der Waals surface area contributed by atoms with Crippen LogP contribution in [0.15, 0.2) is 18.2 Å². The number of nitro groups is 1. The third kappa shape index (κ3) is 3.87. The standard InChI is InChI=1S/C16H21N3O4/c1-10-5-6-11(2)15(7-10)23-9-14(20)8-18-13(4)16(19(21)22)12(3)17-18/h5-7,14,20H,8-9H2,1-4H3. The molecule has 1 aromatic heterocycles. The maximum Gasteiger partial charge on any atom is 0.312 e. The first kappa shape index (κ1) is 17.0. The first-order chi connectivity index (χ1) is 10.8. The second-order valence-corrected chi connectivity index (χ2v) is 5.69. The minimum atomic E-state index is -0.812. The number of aryl methyl sites for hydroxylation is 3. The van der Waals surface area contributed by atoms with Crippen LogP contribution in [-0.2, 0) is 6.54 Å². The summed E-state index contributed by atoms with van der Waals surface area (Å²) < 4.78 is 7.10. The lowest BCUT2D eigenvalue weighted by molar-refractivity contribution is -0.386. The van der Waals surface area contributed by atoms with Crippen LogP contribution in [0.4, 0.5) is 5.69 Å². The minimum Gasteiger partial charge on any atom is -0.491 e. The zero-order valence-electron chi connectivity index (χ0n) is 13.7. The van der Waals surface area contributed by atoms with Gasteiger partial charge >= 0.3 is 5.69 Å². The maximum atomic E-state index is 11.0. The Bertz CT molecular complexity index is 724. The number of hydrogen-bond donors (Lipinski definition) is 1. The summed E-state index contributed by atoms with van der Waals surface area (Å²) in [6.07, 6.45) is -0.812. The molecule has 1 unspecified atom stereocenters. The van der Waals surface area contributed by atoms with Crippen molar-refractivity contribution in [2.75, 3.05) is 6.61 Å². The van der Waals surface area contributed by atoms with Gasteiger partial charge in [-0.1, -0.05) is 12.1 Å². The van der Waals surface area contributed by atoms with E-state index in [-0.39, 0.29) is 18.8 Å². The number of rotatable bonds is 6. The molecule has 1 heterocycles. The van der Waals surface area contributed by atoms with Gasteiger partial charge in [0.25, 0.3) is 0 Å². The van der Waals surface area contributed by atoms with E-state index in [9.17, 15) is 15.2 Å². The lowest BCUT2D eigenvalue weighted by Gasteiger charge is -2.15. The molecule has 2 rings (SSSR count). The van der Waals surface area contributed by atoms with Crippen LogP contribution >= 0.6 is 0 Å². The normalized spacial score (nSPS) is 12.2. The Balaban J connectivity index is 2.03.